The molecule has 1 heterocycles. The fraction of sp³-hybridized carbons (Fsp3) is 0.250. The molecule has 0 radical (unpaired) electrons. The van der Waals surface area contributed by atoms with Gasteiger partial charge in [-0.1, -0.05) is 19.1 Å². The standard InChI is InChI=1S/C16H18BrN3O/c1-2-9-18-16(21)12-5-3-6-13(10-12)19-11-14-7-4-8-15(17)20-14/h3-8,10,19H,2,9,11H2,1H3,(H,18,21). The van der Waals surface area contributed by atoms with Gasteiger partial charge in [-0.2, -0.15) is 0 Å². The zero-order valence-corrected chi connectivity index (χ0v) is 13.5. The minimum absolute atomic E-state index is 0.0407. The molecule has 2 rings (SSSR count). The zero-order chi connectivity index (χ0) is 15.1. The Morgan fingerprint density at radius 2 is 2.05 bits per heavy atom. The van der Waals surface area contributed by atoms with Crippen molar-refractivity contribution in [3.8, 4) is 0 Å². The molecule has 1 aromatic heterocycles. The highest BCUT2D eigenvalue weighted by Crippen LogP contribution is 2.13. The quantitative estimate of drug-likeness (QED) is 0.785. The summed E-state index contributed by atoms with van der Waals surface area (Å²) >= 11 is 3.35. The van der Waals surface area contributed by atoms with Gasteiger partial charge in [0, 0.05) is 17.8 Å². The maximum absolute atomic E-state index is 11.9. The minimum Gasteiger partial charge on any atom is -0.379 e. The Labute approximate surface area is 133 Å². The van der Waals surface area contributed by atoms with E-state index in [0.717, 1.165) is 22.4 Å². The summed E-state index contributed by atoms with van der Waals surface area (Å²) in [7, 11) is 0. The van der Waals surface area contributed by atoms with Crippen LogP contribution in [0, 0.1) is 0 Å². The lowest BCUT2D eigenvalue weighted by Crippen LogP contribution is -2.23. The Hall–Kier alpha value is -1.88. The average Bonchev–Trinajstić information content (AvgIpc) is 2.51. The number of carbonyl (C=O) groups excluding carboxylic acids is 1. The van der Waals surface area contributed by atoms with E-state index in [0.29, 0.717) is 18.7 Å². The third-order valence-corrected chi connectivity index (χ3v) is 3.35. The molecule has 1 amide bonds. The van der Waals surface area contributed by atoms with Crippen LogP contribution in [0.1, 0.15) is 29.4 Å². The molecule has 0 aliphatic carbocycles. The van der Waals surface area contributed by atoms with Gasteiger partial charge in [0.05, 0.1) is 12.2 Å². The van der Waals surface area contributed by atoms with Crippen LogP contribution < -0.4 is 10.6 Å². The summed E-state index contributed by atoms with van der Waals surface area (Å²) in [6.45, 7) is 3.33. The van der Waals surface area contributed by atoms with E-state index in [1.165, 1.54) is 0 Å². The number of carbonyl (C=O) groups is 1. The van der Waals surface area contributed by atoms with Crippen molar-refractivity contribution >= 4 is 27.5 Å². The molecule has 2 aromatic rings. The van der Waals surface area contributed by atoms with Crippen molar-refractivity contribution in [1.82, 2.24) is 10.3 Å². The Kier molecular flexibility index (Phi) is 5.75. The Balaban J connectivity index is 1.99. The van der Waals surface area contributed by atoms with Gasteiger partial charge in [-0.15, -0.1) is 0 Å². The smallest absolute Gasteiger partial charge is 0.251 e. The highest BCUT2D eigenvalue weighted by atomic mass is 79.9. The molecule has 0 aliphatic heterocycles. The van der Waals surface area contributed by atoms with Crippen LogP contribution in [0.3, 0.4) is 0 Å². The fourth-order valence-corrected chi connectivity index (χ4v) is 2.23. The number of pyridine rings is 1. The van der Waals surface area contributed by atoms with Crippen molar-refractivity contribution in [2.24, 2.45) is 0 Å². The summed E-state index contributed by atoms with van der Waals surface area (Å²) in [5.41, 5.74) is 2.50. The Morgan fingerprint density at radius 3 is 2.81 bits per heavy atom. The first kappa shape index (κ1) is 15.5. The van der Waals surface area contributed by atoms with E-state index in [9.17, 15) is 4.79 Å². The maximum Gasteiger partial charge on any atom is 0.251 e. The van der Waals surface area contributed by atoms with Gasteiger partial charge in [-0.25, -0.2) is 4.98 Å². The molecule has 110 valence electrons. The third kappa shape index (κ3) is 4.86. The number of hydrogen-bond acceptors (Lipinski definition) is 3. The van der Waals surface area contributed by atoms with Gasteiger partial charge in [-0.3, -0.25) is 4.79 Å². The number of nitrogens with one attached hydrogen (secondary N) is 2. The second-order valence-electron chi connectivity index (χ2n) is 4.64. The predicted octanol–water partition coefficient (Wildman–Crippen LogP) is 3.60. The van der Waals surface area contributed by atoms with Crippen LogP contribution >= 0.6 is 15.9 Å². The molecule has 0 bridgehead atoms. The number of rotatable bonds is 6. The number of anilines is 1. The van der Waals surface area contributed by atoms with Crippen LogP contribution in [0.15, 0.2) is 47.1 Å². The fourth-order valence-electron chi connectivity index (χ4n) is 1.85. The summed E-state index contributed by atoms with van der Waals surface area (Å²) < 4.78 is 0.814. The molecule has 4 nitrogen and oxygen atoms in total. The SMILES string of the molecule is CCCNC(=O)c1cccc(NCc2cccc(Br)n2)c1. The number of halogens is 1. The third-order valence-electron chi connectivity index (χ3n) is 2.91. The highest BCUT2D eigenvalue weighted by Gasteiger charge is 2.05. The van der Waals surface area contributed by atoms with Crippen LogP contribution in [-0.2, 0) is 6.54 Å². The van der Waals surface area contributed by atoms with Gasteiger partial charge in [0.15, 0.2) is 0 Å². The lowest BCUT2D eigenvalue weighted by Gasteiger charge is -2.08. The maximum atomic E-state index is 11.9. The lowest BCUT2D eigenvalue weighted by atomic mass is 10.2. The van der Waals surface area contributed by atoms with Gasteiger partial charge in [0.25, 0.3) is 5.91 Å². The molecule has 5 heteroatoms. The normalized spacial score (nSPS) is 10.2. The predicted molar refractivity (Wildman–Crippen MR) is 88.3 cm³/mol. The molecular weight excluding hydrogens is 330 g/mol. The first-order chi connectivity index (χ1) is 10.2. The van der Waals surface area contributed by atoms with Crippen LogP contribution in [0.5, 0.6) is 0 Å². The molecule has 0 unspecified atom stereocenters. The van der Waals surface area contributed by atoms with Crippen molar-refractivity contribution in [3.63, 3.8) is 0 Å². The van der Waals surface area contributed by atoms with Crippen molar-refractivity contribution in [1.29, 1.82) is 0 Å². The summed E-state index contributed by atoms with van der Waals surface area (Å²) in [5, 5.41) is 6.15. The van der Waals surface area contributed by atoms with Gasteiger partial charge in [0.2, 0.25) is 0 Å². The molecule has 0 saturated heterocycles. The minimum atomic E-state index is -0.0407. The molecule has 0 fully saturated rings. The lowest BCUT2D eigenvalue weighted by molar-refractivity contribution is 0.0953. The largest absolute Gasteiger partial charge is 0.379 e. The number of nitrogens with zero attached hydrogens (tertiary/aromatic N) is 1. The van der Waals surface area contributed by atoms with Crippen molar-refractivity contribution < 1.29 is 4.79 Å². The number of amides is 1. The van der Waals surface area contributed by atoms with E-state index >= 15 is 0 Å². The van der Waals surface area contributed by atoms with Crippen LogP contribution in [0.2, 0.25) is 0 Å². The van der Waals surface area contributed by atoms with Gasteiger partial charge in [-0.05, 0) is 52.7 Å². The number of hydrogen-bond donors (Lipinski definition) is 2. The van der Waals surface area contributed by atoms with Crippen LogP contribution in [-0.4, -0.2) is 17.4 Å². The average molecular weight is 348 g/mol. The summed E-state index contributed by atoms with van der Waals surface area (Å²) in [5.74, 6) is -0.0407. The highest BCUT2D eigenvalue weighted by molar-refractivity contribution is 9.10. The molecule has 1 aromatic carbocycles. The van der Waals surface area contributed by atoms with Crippen molar-refractivity contribution in [2.75, 3.05) is 11.9 Å². The second kappa shape index (κ2) is 7.78. The van der Waals surface area contributed by atoms with E-state index in [1.54, 1.807) is 0 Å². The molecule has 0 atom stereocenters. The zero-order valence-electron chi connectivity index (χ0n) is 11.9. The first-order valence-corrected chi connectivity index (χ1v) is 7.72. The van der Waals surface area contributed by atoms with Crippen molar-refractivity contribution in [3.05, 3.63) is 58.3 Å². The Bertz CT molecular complexity index is 616. The summed E-state index contributed by atoms with van der Waals surface area (Å²) in [6.07, 6.45) is 0.929. The molecule has 0 aliphatic rings. The van der Waals surface area contributed by atoms with Crippen molar-refractivity contribution in [2.45, 2.75) is 19.9 Å². The first-order valence-electron chi connectivity index (χ1n) is 6.92. The van der Waals surface area contributed by atoms with E-state index in [2.05, 4.69) is 31.5 Å². The molecule has 21 heavy (non-hydrogen) atoms. The van der Waals surface area contributed by atoms with Crippen LogP contribution in [0.25, 0.3) is 0 Å². The monoisotopic (exact) mass is 347 g/mol. The molecule has 0 spiro atoms. The molecule has 2 N–H and O–H groups in total. The van der Waals surface area contributed by atoms with Gasteiger partial charge < -0.3 is 10.6 Å². The topological polar surface area (TPSA) is 54.0 Å². The van der Waals surface area contributed by atoms with E-state index in [-0.39, 0.29) is 5.91 Å². The Morgan fingerprint density at radius 1 is 1.24 bits per heavy atom. The summed E-state index contributed by atoms with van der Waals surface area (Å²) in [6, 6.07) is 13.3. The van der Waals surface area contributed by atoms with E-state index in [4.69, 9.17) is 0 Å². The van der Waals surface area contributed by atoms with Gasteiger partial charge >= 0.3 is 0 Å². The van der Waals surface area contributed by atoms with Gasteiger partial charge in [0.1, 0.15) is 4.60 Å². The second-order valence-corrected chi connectivity index (χ2v) is 5.45. The molecular formula is C16H18BrN3O. The molecule has 0 saturated carbocycles. The van der Waals surface area contributed by atoms with Crippen LogP contribution in [0.4, 0.5) is 5.69 Å². The van der Waals surface area contributed by atoms with E-state index < -0.39 is 0 Å². The summed E-state index contributed by atoms with van der Waals surface area (Å²) in [4.78, 5) is 16.3. The number of aromatic nitrogens is 1. The van der Waals surface area contributed by atoms with E-state index in [1.807, 2.05) is 49.4 Å². The number of benzene rings is 1.